The van der Waals surface area contributed by atoms with Crippen LogP contribution in [0.3, 0.4) is 0 Å². The molecule has 0 unspecified atom stereocenters. The highest BCUT2D eigenvalue weighted by atomic mass is 19.4. The molecule has 1 saturated heterocycles. The second-order valence-electron chi connectivity index (χ2n) is 16.0. The summed E-state index contributed by atoms with van der Waals surface area (Å²) in [5.41, 5.74) is 0.511. The lowest BCUT2D eigenvalue weighted by Gasteiger charge is -2.46. The van der Waals surface area contributed by atoms with Gasteiger partial charge < -0.3 is 25.2 Å². The second kappa shape index (κ2) is 16.4. The summed E-state index contributed by atoms with van der Waals surface area (Å²) in [7, 11) is 0. The second-order valence-corrected chi connectivity index (χ2v) is 16.0. The van der Waals surface area contributed by atoms with Gasteiger partial charge in [-0.1, -0.05) is 73.2 Å². The number of halogens is 3. The maximum Gasteiger partial charge on any atom is 0.416 e. The molecule has 0 radical (unpaired) electrons. The fourth-order valence-corrected chi connectivity index (χ4v) is 8.86. The van der Waals surface area contributed by atoms with Gasteiger partial charge in [0.1, 0.15) is 0 Å². The monoisotopic (exact) mass is 746 g/mol. The van der Waals surface area contributed by atoms with Crippen molar-refractivity contribution < 1.29 is 37.7 Å². The van der Waals surface area contributed by atoms with E-state index in [9.17, 15) is 33.0 Å². The van der Waals surface area contributed by atoms with Gasteiger partial charge in [0.15, 0.2) is 5.78 Å². The van der Waals surface area contributed by atoms with Gasteiger partial charge in [-0.25, -0.2) is 4.79 Å². The minimum Gasteiger partial charge on any atom is -0.393 e. The lowest BCUT2D eigenvalue weighted by atomic mass is 9.64. The summed E-state index contributed by atoms with van der Waals surface area (Å²) in [5.74, 6) is -0.902. The highest BCUT2D eigenvalue weighted by molar-refractivity contribution is 6.10. The predicted octanol–water partition coefficient (Wildman–Crippen LogP) is 8.93. The van der Waals surface area contributed by atoms with Gasteiger partial charge in [-0.2, -0.15) is 13.2 Å². The summed E-state index contributed by atoms with van der Waals surface area (Å²) in [6.07, 6.45) is 1.88. The number of allylic oxidation sites excluding steroid dienone is 2. The van der Waals surface area contributed by atoms with Crippen molar-refractivity contribution in [2.24, 2.45) is 5.41 Å². The number of carbonyl (C=O) groups is 2. The Kier molecular flexibility index (Phi) is 12.1. The van der Waals surface area contributed by atoms with Crippen LogP contribution in [0.25, 0.3) is 0 Å². The quantitative estimate of drug-likeness (QED) is 0.158. The summed E-state index contributed by atoms with van der Waals surface area (Å²) in [6, 6.07) is 19.1. The molecular weight excluding hydrogens is 693 g/mol. The van der Waals surface area contributed by atoms with Crippen LogP contribution in [0.1, 0.15) is 122 Å². The molecule has 1 aliphatic heterocycles. The van der Waals surface area contributed by atoms with Crippen molar-refractivity contribution in [1.82, 2.24) is 10.2 Å². The molecule has 10 heteroatoms. The third kappa shape index (κ3) is 8.77. The van der Waals surface area contributed by atoms with E-state index in [2.05, 4.69) is 11.4 Å². The first-order valence-corrected chi connectivity index (χ1v) is 19.3. The molecule has 0 spiro atoms. The van der Waals surface area contributed by atoms with E-state index in [-0.39, 0.29) is 48.2 Å². The summed E-state index contributed by atoms with van der Waals surface area (Å²) in [5, 5.41) is 27.1. The molecule has 3 N–H and O–H groups in total. The number of fused-ring (bicyclic) bond motifs is 8. The SMILES string of the molecule is CC1=CCC[C@@]2(C)[C@@H](CC[C@@]2(O)CN(C[C@H]2CCCO2)C(=O)N[C@H](C)c2ccccc2)c2ccc(cc2C(=O)c2cccc(C(F)(F)F)c2)C[C@@H](O)CC1. The summed E-state index contributed by atoms with van der Waals surface area (Å²) in [4.78, 5) is 30.2. The van der Waals surface area contributed by atoms with Gasteiger partial charge in [0.05, 0.1) is 36.0 Å². The fourth-order valence-electron chi connectivity index (χ4n) is 8.86. The zero-order chi connectivity index (χ0) is 38.7. The van der Waals surface area contributed by atoms with Crippen molar-refractivity contribution in [2.45, 2.75) is 115 Å². The molecule has 6 atom stereocenters. The van der Waals surface area contributed by atoms with Gasteiger partial charge in [-0.3, -0.25) is 4.79 Å². The van der Waals surface area contributed by atoms with Crippen LogP contribution in [0.2, 0.25) is 0 Å². The Morgan fingerprint density at radius 3 is 2.52 bits per heavy atom. The van der Waals surface area contributed by atoms with Crippen LogP contribution < -0.4 is 5.32 Å². The van der Waals surface area contributed by atoms with E-state index in [1.807, 2.05) is 63.2 Å². The van der Waals surface area contributed by atoms with Crippen LogP contribution in [-0.4, -0.2) is 64.4 Å². The first-order valence-electron chi connectivity index (χ1n) is 19.3. The molecule has 7 rings (SSSR count). The number of rotatable bonds is 8. The summed E-state index contributed by atoms with van der Waals surface area (Å²) >= 11 is 0. The number of carbonyl (C=O) groups excluding carboxylic acids is 2. The molecule has 4 aliphatic rings. The number of alkyl halides is 3. The van der Waals surface area contributed by atoms with E-state index in [4.69, 9.17) is 4.74 Å². The molecule has 3 aromatic carbocycles. The molecule has 1 saturated carbocycles. The molecule has 2 fully saturated rings. The van der Waals surface area contributed by atoms with E-state index in [1.54, 1.807) is 11.0 Å². The maximum atomic E-state index is 14.4. The van der Waals surface area contributed by atoms with Crippen molar-refractivity contribution in [3.05, 3.63) is 118 Å². The number of ether oxygens (including phenoxy) is 1. The Bertz CT molecular complexity index is 1820. The van der Waals surface area contributed by atoms with Gasteiger partial charge in [-0.15, -0.1) is 0 Å². The van der Waals surface area contributed by atoms with E-state index in [1.165, 1.54) is 12.1 Å². The number of hydrogen-bond donors (Lipinski definition) is 3. The van der Waals surface area contributed by atoms with Crippen molar-refractivity contribution in [3.63, 3.8) is 0 Å². The van der Waals surface area contributed by atoms with Gasteiger partial charge in [0, 0.05) is 29.7 Å². The van der Waals surface area contributed by atoms with Gasteiger partial charge in [-0.05, 0) is 112 Å². The summed E-state index contributed by atoms with van der Waals surface area (Å²) in [6.45, 7) is 6.97. The lowest BCUT2D eigenvalue weighted by Crippen LogP contribution is -2.56. The molecule has 290 valence electrons. The molecular formula is C44H53F3N2O5. The third-order valence-corrected chi connectivity index (χ3v) is 12.2. The first kappa shape index (κ1) is 39.7. The number of nitrogens with zero attached hydrogens (tertiary/aromatic N) is 1. The molecule has 1 heterocycles. The van der Waals surface area contributed by atoms with Crippen molar-refractivity contribution >= 4 is 11.8 Å². The first-order chi connectivity index (χ1) is 25.7. The molecule has 7 nitrogen and oxygen atoms in total. The van der Waals surface area contributed by atoms with E-state index >= 15 is 0 Å². The van der Waals surface area contributed by atoms with Crippen molar-refractivity contribution in [3.8, 4) is 0 Å². The molecule has 2 amide bonds. The third-order valence-electron chi connectivity index (χ3n) is 12.2. The van der Waals surface area contributed by atoms with Crippen LogP contribution in [0, 0.1) is 5.41 Å². The van der Waals surface area contributed by atoms with Crippen LogP contribution in [0.15, 0.2) is 84.4 Å². The number of ketones is 1. The number of aliphatic hydroxyl groups excluding tert-OH is 1. The number of aliphatic hydroxyl groups is 2. The Hall–Kier alpha value is -3.99. The largest absolute Gasteiger partial charge is 0.416 e. The Balaban J connectivity index is 1.40. The van der Waals surface area contributed by atoms with Crippen LogP contribution >= 0.6 is 0 Å². The lowest BCUT2D eigenvalue weighted by molar-refractivity contribution is -0.137. The van der Waals surface area contributed by atoms with E-state index < -0.39 is 34.6 Å². The topological polar surface area (TPSA) is 99.1 Å². The van der Waals surface area contributed by atoms with E-state index in [0.717, 1.165) is 36.1 Å². The van der Waals surface area contributed by atoms with Gasteiger partial charge in [0.2, 0.25) is 0 Å². The summed E-state index contributed by atoms with van der Waals surface area (Å²) < 4.78 is 47.3. The minimum atomic E-state index is -4.62. The van der Waals surface area contributed by atoms with Crippen molar-refractivity contribution in [2.75, 3.05) is 19.7 Å². The minimum absolute atomic E-state index is 0.0388. The maximum absolute atomic E-state index is 14.4. The van der Waals surface area contributed by atoms with Gasteiger partial charge >= 0.3 is 12.2 Å². The Labute approximate surface area is 316 Å². The zero-order valence-electron chi connectivity index (χ0n) is 31.5. The zero-order valence-corrected chi connectivity index (χ0v) is 31.5. The predicted molar refractivity (Wildman–Crippen MR) is 202 cm³/mol. The van der Waals surface area contributed by atoms with Crippen LogP contribution in [0.5, 0.6) is 0 Å². The number of urea groups is 1. The highest BCUT2D eigenvalue weighted by Gasteiger charge is 2.58. The molecule has 3 aromatic rings. The van der Waals surface area contributed by atoms with Gasteiger partial charge in [0.25, 0.3) is 0 Å². The molecule has 2 bridgehead atoms. The number of benzene rings is 3. The average molecular weight is 747 g/mol. The molecule has 0 aromatic heterocycles. The fraction of sp³-hybridized carbons (Fsp3) is 0.500. The standard InChI is InChI=1S/C44H53F3N2O5/c1-29-10-8-21-42(3)39(20-22-43(42,53)28-49(27-36-15-9-23-54-36)41(52)48-30(2)32-11-5-4-6-12-32)37-19-17-31(24-35(50)18-16-29)25-38(37)40(51)33-13-7-14-34(26-33)44(45,46)47/h4-7,10-14,17,19,25-26,30,35-36,39,50,53H,8-9,15-16,18,20-24,27-28H2,1-3H3,(H,48,52)/t30-,35+,36-,39+,42+,43-/m1/s1. The Morgan fingerprint density at radius 2 is 1.80 bits per heavy atom. The van der Waals surface area contributed by atoms with Crippen LogP contribution in [0.4, 0.5) is 18.0 Å². The average Bonchev–Trinajstić information content (AvgIpc) is 3.75. The Morgan fingerprint density at radius 1 is 1.02 bits per heavy atom. The number of nitrogens with one attached hydrogen (secondary N) is 1. The number of hydrogen-bond acceptors (Lipinski definition) is 5. The van der Waals surface area contributed by atoms with Crippen molar-refractivity contribution in [1.29, 1.82) is 0 Å². The molecule has 54 heavy (non-hydrogen) atoms. The van der Waals surface area contributed by atoms with Crippen LogP contribution in [-0.2, 0) is 17.3 Å². The molecule has 3 aliphatic carbocycles. The smallest absolute Gasteiger partial charge is 0.393 e. The number of amides is 2. The highest BCUT2D eigenvalue weighted by Crippen LogP contribution is 2.59. The normalized spacial score (nSPS) is 26.7. The van der Waals surface area contributed by atoms with E-state index in [0.29, 0.717) is 62.8 Å².